The van der Waals surface area contributed by atoms with Crippen LogP contribution in [0.1, 0.15) is 33.6 Å². The SMILES string of the molecule is CNCC1(OC=O)CCN(C(=O)OC(C)(C)C)CC1. The number of nitrogens with one attached hydrogen (secondary N) is 1. The molecule has 0 aromatic heterocycles. The Kier molecular flexibility index (Phi) is 5.17. The second-order valence-electron chi connectivity index (χ2n) is 5.89. The fourth-order valence-corrected chi connectivity index (χ4v) is 2.18. The first-order valence-corrected chi connectivity index (χ1v) is 6.56. The van der Waals surface area contributed by atoms with Crippen molar-refractivity contribution in [2.45, 2.75) is 44.8 Å². The number of piperidine rings is 1. The molecule has 0 atom stereocenters. The lowest BCUT2D eigenvalue weighted by Gasteiger charge is -2.40. The summed E-state index contributed by atoms with van der Waals surface area (Å²) < 4.78 is 10.5. The molecule has 0 bridgehead atoms. The second-order valence-corrected chi connectivity index (χ2v) is 5.89. The van der Waals surface area contributed by atoms with E-state index in [9.17, 15) is 9.59 Å². The van der Waals surface area contributed by atoms with Gasteiger partial charge in [-0.1, -0.05) is 0 Å². The number of likely N-dealkylation sites (tertiary alicyclic amines) is 1. The quantitative estimate of drug-likeness (QED) is 0.778. The van der Waals surface area contributed by atoms with Crippen LogP contribution in [0.25, 0.3) is 0 Å². The van der Waals surface area contributed by atoms with E-state index < -0.39 is 11.2 Å². The van der Waals surface area contributed by atoms with Crippen molar-refractivity contribution in [3.63, 3.8) is 0 Å². The molecule has 1 fully saturated rings. The van der Waals surface area contributed by atoms with Crippen LogP contribution in [0.2, 0.25) is 0 Å². The first-order valence-electron chi connectivity index (χ1n) is 6.56. The summed E-state index contributed by atoms with van der Waals surface area (Å²) in [6, 6.07) is 0. The number of carbonyl (C=O) groups is 2. The number of likely N-dealkylation sites (N-methyl/N-ethyl adjacent to an activating group) is 1. The minimum absolute atomic E-state index is 0.309. The van der Waals surface area contributed by atoms with Gasteiger partial charge in [0.1, 0.15) is 11.2 Å². The van der Waals surface area contributed by atoms with Crippen molar-refractivity contribution in [3.05, 3.63) is 0 Å². The number of hydrogen-bond donors (Lipinski definition) is 1. The summed E-state index contributed by atoms with van der Waals surface area (Å²) in [4.78, 5) is 24.2. The Morgan fingerprint density at radius 3 is 2.37 bits per heavy atom. The minimum atomic E-state index is -0.505. The third kappa shape index (κ3) is 4.70. The summed E-state index contributed by atoms with van der Waals surface area (Å²) in [5.74, 6) is 0. The molecule has 0 unspecified atom stereocenters. The molecule has 0 aromatic carbocycles. The molecule has 1 aliphatic rings. The molecule has 0 spiro atoms. The van der Waals surface area contributed by atoms with Gasteiger partial charge >= 0.3 is 6.09 Å². The normalized spacial score (nSPS) is 18.8. The first-order chi connectivity index (χ1) is 8.82. The fraction of sp³-hybridized carbons (Fsp3) is 0.846. The molecule has 1 amide bonds. The number of rotatable bonds is 4. The van der Waals surface area contributed by atoms with Gasteiger partial charge in [0.25, 0.3) is 6.47 Å². The van der Waals surface area contributed by atoms with E-state index in [2.05, 4.69) is 5.32 Å². The summed E-state index contributed by atoms with van der Waals surface area (Å²) in [7, 11) is 1.82. The number of nitrogens with zero attached hydrogens (tertiary/aromatic N) is 1. The molecule has 0 saturated carbocycles. The van der Waals surface area contributed by atoms with Crippen molar-refractivity contribution in [2.24, 2.45) is 0 Å². The van der Waals surface area contributed by atoms with Crippen molar-refractivity contribution >= 4 is 12.6 Å². The van der Waals surface area contributed by atoms with E-state index in [-0.39, 0.29) is 6.09 Å². The molecule has 1 rings (SSSR count). The molecule has 1 aliphatic heterocycles. The first kappa shape index (κ1) is 15.8. The maximum atomic E-state index is 11.9. The highest BCUT2D eigenvalue weighted by Crippen LogP contribution is 2.26. The van der Waals surface area contributed by atoms with Gasteiger partial charge in [-0.25, -0.2) is 4.79 Å². The van der Waals surface area contributed by atoms with Crippen LogP contribution < -0.4 is 5.32 Å². The van der Waals surface area contributed by atoms with Crippen LogP contribution in [0, 0.1) is 0 Å². The van der Waals surface area contributed by atoms with E-state index in [1.165, 1.54) is 0 Å². The highest BCUT2D eigenvalue weighted by atomic mass is 16.6. The number of amides is 1. The molecule has 110 valence electrons. The van der Waals surface area contributed by atoms with Gasteiger partial charge in [0, 0.05) is 32.5 Å². The molecule has 19 heavy (non-hydrogen) atoms. The molecule has 1 saturated heterocycles. The molecular formula is C13H24N2O4. The smallest absolute Gasteiger partial charge is 0.410 e. The molecule has 0 radical (unpaired) electrons. The Bertz CT molecular complexity index is 317. The van der Waals surface area contributed by atoms with Gasteiger partial charge in [-0.3, -0.25) is 4.79 Å². The number of hydrogen-bond acceptors (Lipinski definition) is 5. The maximum Gasteiger partial charge on any atom is 0.410 e. The Labute approximate surface area is 114 Å². The lowest BCUT2D eigenvalue weighted by molar-refractivity contribution is -0.147. The van der Waals surface area contributed by atoms with Gasteiger partial charge in [-0.05, 0) is 27.8 Å². The van der Waals surface area contributed by atoms with Gasteiger partial charge in [-0.2, -0.15) is 0 Å². The van der Waals surface area contributed by atoms with Crippen LogP contribution in [0.15, 0.2) is 0 Å². The monoisotopic (exact) mass is 272 g/mol. The second kappa shape index (κ2) is 6.23. The zero-order valence-electron chi connectivity index (χ0n) is 12.2. The predicted octanol–water partition coefficient (Wildman–Crippen LogP) is 1.15. The van der Waals surface area contributed by atoms with Crippen LogP contribution in [0.4, 0.5) is 4.79 Å². The van der Waals surface area contributed by atoms with Crippen molar-refractivity contribution in [3.8, 4) is 0 Å². The number of ether oxygens (including phenoxy) is 2. The van der Waals surface area contributed by atoms with Crippen molar-refractivity contribution in [1.29, 1.82) is 0 Å². The Morgan fingerprint density at radius 1 is 1.37 bits per heavy atom. The van der Waals surface area contributed by atoms with Gasteiger partial charge in [0.15, 0.2) is 0 Å². The molecule has 1 heterocycles. The maximum absolute atomic E-state index is 11.9. The highest BCUT2D eigenvalue weighted by Gasteiger charge is 2.38. The zero-order chi connectivity index (χ0) is 14.5. The van der Waals surface area contributed by atoms with Crippen LogP contribution in [0.3, 0.4) is 0 Å². The van der Waals surface area contributed by atoms with Crippen LogP contribution in [0.5, 0.6) is 0 Å². The van der Waals surface area contributed by atoms with Crippen LogP contribution in [-0.2, 0) is 14.3 Å². The van der Waals surface area contributed by atoms with Gasteiger partial charge in [-0.15, -0.1) is 0 Å². The number of carbonyl (C=O) groups excluding carboxylic acids is 2. The molecule has 0 aliphatic carbocycles. The lowest BCUT2D eigenvalue weighted by Crippen LogP contribution is -2.53. The largest absolute Gasteiger partial charge is 0.460 e. The van der Waals surface area contributed by atoms with E-state index in [0.29, 0.717) is 38.9 Å². The Morgan fingerprint density at radius 2 is 1.95 bits per heavy atom. The van der Waals surface area contributed by atoms with Gasteiger partial charge < -0.3 is 19.7 Å². The van der Waals surface area contributed by atoms with Crippen molar-refractivity contribution in [2.75, 3.05) is 26.7 Å². The van der Waals surface area contributed by atoms with Crippen molar-refractivity contribution < 1.29 is 19.1 Å². The molecule has 6 nitrogen and oxygen atoms in total. The summed E-state index contributed by atoms with van der Waals surface area (Å²) >= 11 is 0. The minimum Gasteiger partial charge on any atom is -0.460 e. The Hall–Kier alpha value is -1.30. The topological polar surface area (TPSA) is 67.9 Å². The molecule has 6 heteroatoms. The summed E-state index contributed by atoms with van der Waals surface area (Å²) in [5.41, 5.74) is -0.995. The van der Waals surface area contributed by atoms with E-state index in [1.54, 1.807) is 4.90 Å². The van der Waals surface area contributed by atoms with Gasteiger partial charge in [0.05, 0.1) is 0 Å². The molecule has 0 aromatic rings. The highest BCUT2D eigenvalue weighted by molar-refractivity contribution is 5.68. The third-order valence-electron chi connectivity index (χ3n) is 3.12. The van der Waals surface area contributed by atoms with E-state index in [0.717, 1.165) is 0 Å². The average Bonchev–Trinajstić information content (AvgIpc) is 2.28. The van der Waals surface area contributed by atoms with Crippen LogP contribution >= 0.6 is 0 Å². The van der Waals surface area contributed by atoms with Gasteiger partial charge in [0.2, 0.25) is 0 Å². The summed E-state index contributed by atoms with van der Waals surface area (Å²) in [6.07, 6.45) is 0.925. The molecular weight excluding hydrogens is 248 g/mol. The summed E-state index contributed by atoms with van der Waals surface area (Å²) in [5, 5.41) is 3.03. The van der Waals surface area contributed by atoms with E-state index >= 15 is 0 Å². The summed E-state index contributed by atoms with van der Waals surface area (Å²) in [6.45, 7) is 7.67. The zero-order valence-corrected chi connectivity index (χ0v) is 12.2. The lowest BCUT2D eigenvalue weighted by atomic mass is 9.91. The fourth-order valence-electron chi connectivity index (χ4n) is 2.18. The van der Waals surface area contributed by atoms with E-state index in [1.807, 2.05) is 27.8 Å². The predicted molar refractivity (Wildman–Crippen MR) is 70.8 cm³/mol. The average molecular weight is 272 g/mol. The third-order valence-corrected chi connectivity index (χ3v) is 3.12. The van der Waals surface area contributed by atoms with Crippen molar-refractivity contribution in [1.82, 2.24) is 10.2 Å². The Balaban J connectivity index is 2.55. The van der Waals surface area contributed by atoms with Crippen LogP contribution in [-0.4, -0.2) is 55.3 Å². The van der Waals surface area contributed by atoms with E-state index in [4.69, 9.17) is 9.47 Å². The molecule has 1 N–H and O–H groups in total. The standard InChI is InChI=1S/C13H24N2O4/c1-12(2,3)19-11(17)15-7-5-13(6-8-15,9-14-4)18-10-16/h10,14H,5-9H2,1-4H3.